The molecule has 0 atom stereocenters. The fraction of sp³-hybridized carbons (Fsp3) is 0.125. The van der Waals surface area contributed by atoms with Crippen molar-refractivity contribution in [1.29, 1.82) is 5.41 Å². The lowest BCUT2D eigenvalue weighted by atomic mass is 10.4. The van der Waals surface area contributed by atoms with Crippen LogP contribution in [0.25, 0.3) is 10.2 Å². The van der Waals surface area contributed by atoms with Crippen LogP contribution < -0.4 is 5.32 Å². The van der Waals surface area contributed by atoms with Crippen LogP contribution in [-0.4, -0.2) is 23.7 Å². The number of fused-ring (bicyclic) bond motifs is 1. The predicted molar refractivity (Wildman–Crippen MR) is 61.8 cm³/mol. The molecule has 2 rings (SSSR count). The van der Waals surface area contributed by atoms with Crippen LogP contribution in [0.2, 0.25) is 5.15 Å². The first-order chi connectivity index (χ1) is 6.79. The van der Waals surface area contributed by atoms with E-state index in [1.54, 1.807) is 23.6 Å². The molecule has 0 aliphatic heterocycles. The van der Waals surface area contributed by atoms with Gasteiger partial charge in [-0.25, -0.2) is 9.97 Å². The lowest BCUT2D eigenvalue weighted by Gasteiger charge is -1.86. The van der Waals surface area contributed by atoms with E-state index in [1.807, 2.05) is 7.05 Å². The van der Waals surface area contributed by atoms with Crippen LogP contribution in [0.1, 0.15) is 0 Å². The van der Waals surface area contributed by atoms with Gasteiger partial charge >= 0.3 is 0 Å². The van der Waals surface area contributed by atoms with Crippen molar-refractivity contribution in [3.63, 3.8) is 0 Å². The highest BCUT2D eigenvalue weighted by atomic mass is 35.5. The summed E-state index contributed by atoms with van der Waals surface area (Å²) in [7, 11) is 1.84. The van der Waals surface area contributed by atoms with Crippen molar-refractivity contribution in [3.8, 4) is 0 Å². The van der Waals surface area contributed by atoms with E-state index < -0.39 is 0 Å². The number of hydrogen-bond acceptors (Lipinski definition) is 5. The van der Waals surface area contributed by atoms with Gasteiger partial charge < -0.3 is 10.7 Å². The molecule has 2 aromatic rings. The Bertz CT molecular complexity index is 428. The maximum absolute atomic E-state index is 5.70. The first-order valence-corrected chi connectivity index (χ1v) is 4.94. The molecule has 6 heteroatoms. The molecule has 4 nitrogen and oxygen atoms in total. The lowest BCUT2D eigenvalue weighted by Crippen LogP contribution is -1.83. The van der Waals surface area contributed by atoms with Crippen LogP contribution in [0.15, 0.2) is 12.3 Å². The summed E-state index contributed by atoms with van der Waals surface area (Å²) >= 11 is 7.27. The van der Waals surface area contributed by atoms with Crippen molar-refractivity contribution in [2.45, 2.75) is 0 Å². The molecule has 0 saturated heterocycles. The highest BCUT2D eigenvalue weighted by Gasteiger charge is 2.02. The summed E-state index contributed by atoms with van der Waals surface area (Å²) < 4.78 is 1.05. The molecular formula is C8H9ClN4S. The lowest BCUT2D eigenvalue weighted by molar-refractivity contribution is 1.35. The zero-order valence-corrected chi connectivity index (χ0v) is 9.11. The molecule has 0 amide bonds. The van der Waals surface area contributed by atoms with Gasteiger partial charge in [-0.2, -0.15) is 0 Å². The predicted octanol–water partition coefficient (Wildman–Crippen LogP) is 2.65. The van der Waals surface area contributed by atoms with Crippen LogP contribution in [0.4, 0.5) is 5.13 Å². The highest BCUT2D eigenvalue weighted by Crippen LogP contribution is 2.25. The molecule has 14 heavy (non-hydrogen) atoms. The zero-order valence-electron chi connectivity index (χ0n) is 7.54. The standard InChI is InChI=1S/C7H6ClN3S.CH3N/c1-9-7-11-4-2-6(8)10-3-5(4)12-7;1-2/h2-3H,1H3,(H,9,11);2H,1H2. The van der Waals surface area contributed by atoms with Crippen molar-refractivity contribution in [2.24, 2.45) is 0 Å². The Morgan fingerprint density at radius 3 is 2.93 bits per heavy atom. The van der Waals surface area contributed by atoms with Gasteiger partial charge in [-0.05, 0) is 6.72 Å². The topological polar surface area (TPSA) is 61.7 Å². The molecule has 2 heterocycles. The molecule has 0 aliphatic rings. The normalized spacial score (nSPS) is 9.29. The van der Waals surface area contributed by atoms with Crippen LogP contribution in [0.5, 0.6) is 0 Å². The second-order valence-electron chi connectivity index (χ2n) is 2.24. The Hall–Kier alpha value is -1.20. The van der Waals surface area contributed by atoms with E-state index in [-0.39, 0.29) is 0 Å². The zero-order chi connectivity index (χ0) is 10.6. The van der Waals surface area contributed by atoms with Gasteiger partial charge in [-0.15, -0.1) is 0 Å². The van der Waals surface area contributed by atoms with Gasteiger partial charge in [0.25, 0.3) is 0 Å². The fourth-order valence-electron chi connectivity index (χ4n) is 0.917. The molecule has 0 aromatic carbocycles. The Balaban J connectivity index is 0.000000461. The summed E-state index contributed by atoms with van der Waals surface area (Å²) in [5.41, 5.74) is 0.893. The summed E-state index contributed by atoms with van der Waals surface area (Å²) in [6, 6.07) is 1.76. The summed E-state index contributed by atoms with van der Waals surface area (Å²) in [4.78, 5) is 8.24. The van der Waals surface area contributed by atoms with Crippen LogP contribution in [-0.2, 0) is 0 Å². The maximum atomic E-state index is 5.70. The van der Waals surface area contributed by atoms with E-state index in [1.165, 1.54) is 0 Å². The maximum Gasteiger partial charge on any atom is 0.183 e. The minimum atomic E-state index is 0.482. The first-order valence-electron chi connectivity index (χ1n) is 3.75. The largest absolute Gasteiger partial charge is 0.365 e. The van der Waals surface area contributed by atoms with Crippen LogP contribution in [0.3, 0.4) is 0 Å². The summed E-state index contributed by atoms with van der Waals surface area (Å²) in [6.45, 7) is 2.50. The SMILES string of the molecule is C=N.CNc1nc2cc(Cl)ncc2s1. The quantitative estimate of drug-likeness (QED) is 0.583. The Labute approximate surface area is 90.5 Å². The van der Waals surface area contributed by atoms with Crippen LogP contribution in [0, 0.1) is 5.41 Å². The third kappa shape index (κ3) is 2.18. The second-order valence-corrected chi connectivity index (χ2v) is 3.66. The molecule has 0 fully saturated rings. The summed E-state index contributed by atoms with van der Waals surface area (Å²) in [5, 5.41) is 9.84. The van der Waals surface area contributed by atoms with Crippen molar-refractivity contribution in [2.75, 3.05) is 12.4 Å². The van der Waals surface area contributed by atoms with Gasteiger partial charge in [-0.3, -0.25) is 0 Å². The van der Waals surface area contributed by atoms with Crippen molar-refractivity contribution in [1.82, 2.24) is 9.97 Å². The number of nitrogens with one attached hydrogen (secondary N) is 2. The van der Waals surface area contributed by atoms with Gasteiger partial charge in [0.15, 0.2) is 5.13 Å². The van der Waals surface area contributed by atoms with Crippen molar-refractivity contribution in [3.05, 3.63) is 17.4 Å². The van der Waals surface area contributed by atoms with Gasteiger partial charge in [0.05, 0.1) is 10.2 Å². The van der Waals surface area contributed by atoms with E-state index in [0.29, 0.717) is 5.15 Å². The number of pyridine rings is 1. The molecule has 74 valence electrons. The van der Waals surface area contributed by atoms with E-state index >= 15 is 0 Å². The fourth-order valence-corrected chi connectivity index (χ4v) is 1.84. The van der Waals surface area contributed by atoms with E-state index in [9.17, 15) is 0 Å². The minimum Gasteiger partial charge on any atom is -0.365 e. The molecule has 0 spiro atoms. The number of anilines is 1. The molecule has 0 aliphatic carbocycles. The number of hydrogen-bond donors (Lipinski definition) is 2. The van der Waals surface area contributed by atoms with Crippen molar-refractivity contribution < 1.29 is 0 Å². The van der Waals surface area contributed by atoms with E-state index in [4.69, 9.17) is 17.0 Å². The van der Waals surface area contributed by atoms with E-state index in [2.05, 4.69) is 22.0 Å². The van der Waals surface area contributed by atoms with Crippen molar-refractivity contribution >= 4 is 45.0 Å². The first kappa shape index (κ1) is 10.9. The molecule has 2 N–H and O–H groups in total. The second kappa shape index (κ2) is 4.88. The average molecular weight is 229 g/mol. The average Bonchev–Trinajstić information content (AvgIpc) is 2.62. The molecule has 0 saturated carbocycles. The summed E-state index contributed by atoms with van der Waals surface area (Å²) in [5.74, 6) is 0. The smallest absolute Gasteiger partial charge is 0.183 e. The molecule has 2 aromatic heterocycles. The molecule has 0 bridgehead atoms. The van der Waals surface area contributed by atoms with Gasteiger partial charge in [-0.1, -0.05) is 22.9 Å². The van der Waals surface area contributed by atoms with Gasteiger partial charge in [0.2, 0.25) is 0 Å². The van der Waals surface area contributed by atoms with Gasteiger partial charge in [0, 0.05) is 19.3 Å². The number of rotatable bonds is 1. The molecular weight excluding hydrogens is 220 g/mol. The third-order valence-electron chi connectivity index (χ3n) is 1.46. The number of halogens is 1. The number of nitrogens with zero attached hydrogens (tertiary/aromatic N) is 2. The molecule has 0 unspecified atom stereocenters. The van der Waals surface area contributed by atoms with Gasteiger partial charge in [0.1, 0.15) is 5.15 Å². The number of aromatic nitrogens is 2. The van der Waals surface area contributed by atoms with Crippen LogP contribution >= 0.6 is 22.9 Å². The Morgan fingerprint density at radius 1 is 1.57 bits per heavy atom. The highest BCUT2D eigenvalue weighted by molar-refractivity contribution is 7.22. The number of thiazole rings is 1. The van der Waals surface area contributed by atoms with E-state index in [0.717, 1.165) is 15.3 Å². The Kier molecular flexibility index (Phi) is 3.79. The third-order valence-corrected chi connectivity index (χ3v) is 2.69. The molecule has 0 radical (unpaired) electrons. The minimum absolute atomic E-state index is 0.482. The monoisotopic (exact) mass is 228 g/mol. The summed E-state index contributed by atoms with van der Waals surface area (Å²) in [6.07, 6.45) is 1.73. The Morgan fingerprint density at radius 2 is 2.29 bits per heavy atom.